The lowest BCUT2D eigenvalue weighted by atomic mass is 9.98. The fraction of sp³-hybridized carbons (Fsp3) is 0.278. The van der Waals surface area contributed by atoms with E-state index in [1.807, 2.05) is 38.1 Å². The predicted octanol–water partition coefficient (Wildman–Crippen LogP) is 5.25. The zero-order chi connectivity index (χ0) is 14.7. The van der Waals surface area contributed by atoms with Gasteiger partial charge in [-0.1, -0.05) is 53.5 Å². The number of carbonyl (C=O) groups excluding carboxylic acids is 1. The molecule has 2 rings (SSSR count). The van der Waals surface area contributed by atoms with Crippen LogP contribution in [0.15, 0.2) is 40.9 Å². The second-order valence-corrected chi connectivity index (χ2v) is 5.99. The first-order chi connectivity index (χ1) is 9.52. The molecule has 20 heavy (non-hydrogen) atoms. The van der Waals surface area contributed by atoms with Gasteiger partial charge in [-0.05, 0) is 49.1 Å². The third-order valence-corrected chi connectivity index (χ3v) is 4.70. The maximum Gasteiger partial charge on any atom is 0.193 e. The fourth-order valence-electron chi connectivity index (χ4n) is 2.36. The summed E-state index contributed by atoms with van der Waals surface area (Å²) in [6.45, 7) is 6.18. The van der Waals surface area contributed by atoms with Crippen molar-refractivity contribution in [3.63, 3.8) is 0 Å². The van der Waals surface area contributed by atoms with Crippen LogP contribution in [0.1, 0.15) is 46.0 Å². The molecule has 0 saturated heterocycles. The van der Waals surface area contributed by atoms with Crippen molar-refractivity contribution in [1.82, 2.24) is 0 Å². The number of halogens is 1. The van der Waals surface area contributed by atoms with Crippen molar-refractivity contribution in [2.45, 2.75) is 33.6 Å². The highest BCUT2D eigenvalue weighted by molar-refractivity contribution is 9.10. The Morgan fingerprint density at radius 1 is 1.00 bits per heavy atom. The molecule has 0 aliphatic heterocycles. The number of carbonyl (C=O) groups is 1. The molecule has 0 radical (unpaired) electrons. The van der Waals surface area contributed by atoms with Gasteiger partial charge in [0.25, 0.3) is 0 Å². The zero-order valence-electron chi connectivity index (χ0n) is 12.2. The van der Waals surface area contributed by atoms with Gasteiger partial charge < -0.3 is 0 Å². The molecule has 1 nitrogen and oxygen atoms in total. The molecule has 0 unspecified atom stereocenters. The number of ketones is 1. The smallest absolute Gasteiger partial charge is 0.193 e. The minimum Gasteiger partial charge on any atom is -0.289 e. The average molecular weight is 331 g/mol. The lowest BCUT2D eigenvalue weighted by Gasteiger charge is -2.08. The average Bonchev–Trinajstić information content (AvgIpc) is 2.44. The Kier molecular flexibility index (Phi) is 4.77. The summed E-state index contributed by atoms with van der Waals surface area (Å²) in [4.78, 5) is 12.5. The molecule has 2 heteroatoms. The molecule has 0 bridgehead atoms. The van der Waals surface area contributed by atoms with Crippen LogP contribution >= 0.6 is 15.9 Å². The van der Waals surface area contributed by atoms with E-state index < -0.39 is 0 Å². The maximum absolute atomic E-state index is 12.5. The van der Waals surface area contributed by atoms with Crippen LogP contribution in [-0.4, -0.2) is 5.78 Å². The summed E-state index contributed by atoms with van der Waals surface area (Å²) in [6, 6.07) is 11.9. The van der Waals surface area contributed by atoms with Crippen molar-refractivity contribution >= 4 is 21.7 Å². The second-order valence-electron chi connectivity index (χ2n) is 5.20. The van der Waals surface area contributed by atoms with E-state index in [-0.39, 0.29) is 5.78 Å². The normalized spacial score (nSPS) is 10.6. The van der Waals surface area contributed by atoms with E-state index in [0.29, 0.717) is 0 Å². The first-order valence-electron chi connectivity index (χ1n) is 6.93. The van der Waals surface area contributed by atoms with Crippen LogP contribution < -0.4 is 0 Å². The minimum absolute atomic E-state index is 0.0896. The first-order valence-corrected chi connectivity index (χ1v) is 7.72. The highest BCUT2D eigenvalue weighted by Crippen LogP contribution is 2.24. The van der Waals surface area contributed by atoms with E-state index in [1.54, 1.807) is 0 Å². The Morgan fingerprint density at radius 3 is 2.05 bits per heavy atom. The standard InChI is InChI=1S/C18H19BrO/c1-4-5-14-6-8-15(9-7-14)18(20)16-10-12(2)17(19)13(3)11-16/h6-11H,4-5H2,1-3H3. The Bertz CT molecular complexity index is 603. The van der Waals surface area contributed by atoms with Gasteiger partial charge in [-0.3, -0.25) is 4.79 Å². The molecule has 0 atom stereocenters. The molecule has 0 amide bonds. The van der Waals surface area contributed by atoms with Crippen molar-refractivity contribution in [3.8, 4) is 0 Å². The predicted molar refractivity (Wildman–Crippen MR) is 87.5 cm³/mol. The Balaban J connectivity index is 2.31. The molecule has 2 aromatic carbocycles. The topological polar surface area (TPSA) is 17.1 Å². The number of aryl methyl sites for hydroxylation is 3. The summed E-state index contributed by atoms with van der Waals surface area (Å²) in [5, 5.41) is 0. The van der Waals surface area contributed by atoms with Crippen LogP contribution in [0.25, 0.3) is 0 Å². The summed E-state index contributed by atoms with van der Waals surface area (Å²) in [7, 11) is 0. The number of hydrogen-bond donors (Lipinski definition) is 0. The minimum atomic E-state index is 0.0896. The van der Waals surface area contributed by atoms with Crippen LogP contribution in [0.2, 0.25) is 0 Å². The van der Waals surface area contributed by atoms with Gasteiger partial charge in [0.2, 0.25) is 0 Å². The van der Waals surface area contributed by atoms with Gasteiger partial charge in [0, 0.05) is 15.6 Å². The van der Waals surface area contributed by atoms with Crippen molar-refractivity contribution in [3.05, 3.63) is 68.7 Å². The van der Waals surface area contributed by atoms with Gasteiger partial charge in [-0.25, -0.2) is 0 Å². The van der Waals surface area contributed by atoms with E-state index in [1.165, 1.54) is 5.56 Å². The van der Waals surface area contributed by atoms with Crippen LogP contribution in [0.4, 0.5) is 0 Å². The summed E-state index contributed by atoms with van der Waals surface area (Å²) in [6.07, 6.45) is 2.18. The highest BCUT2D eigenvalue weighted by Gasteiger charge is 2.11. The number of benzene rings is 2. The molecule has 0 aliphatic carbocycles. The van der Waals surface area contributed by atoms with Crippen LogP contribution in [-0.2, 0) is 6.42 Å². The third kappa shape index (κ3) is 3.18. The van der Waals surface area contributed by atoms with Crippen LogP contribution in [0.3, 0.4) is 0 Å². The lowest BCUT2D eigenvalue weighted by molar-refractivity contribution is 0.103. The zero-order valence-corrected chi connectivity index (χ0v) is 13.8. The Hall–Kier alpha value is -1.41. The fourth-order valence-corrected chi connectivity index (χ4v) is 2.58. The molecule has 0 aliphatic rings. The van der Waals surface area contributed by atoms with Crippen LogP contribution in [0, 0.1) is 13.8 Å². The van der Waals surface area contributed by atoms with E-state index in [4.69, 9.17) is 0 Å². The molecule has 0 saturated carbocycles. The van der Waals surface area contributed by atoms with Gasteiger partial charge in [-0.2, -0.15) is 0 Å². The van der Waals surface area contributed by atoms with Gasteiger partial charge in [0.1, 0.15) is 0 Å². The number of hydrogen-bond acceptors (Lipinski definition) is 1. The van der Waals surface area contributed by atoms with Crippen LogP contribution in [0.5, 0.6) is 0 Å². The Labute approximate surface area is 129 Å². The molecular weight excluding hydrogens is 312 g/mol. The van der Waals surface area contributed by atoms with Gasteiger partial charge in [0.05, 0.1) is 0 Å². The monoisotopic (exact) mass is 330 g/mol. The Morgan fingerprint density at radius 2 is 1.55 bits per heavy atom. The van der Waals surface area contributed by atoms with Crippen molar-refractivity contribution < 1.29 is 4.79 Å². The van der Waals surface area contributed by atoms with Gasteiger partial charge in [-0.15, -0.1) is 0 Å². The summed E-state index contributed by atoms with van der Waals surface area (Å²) in [5.74, 6) is 0.0896. The largest absolute Gasteiger partial charge is 0.289 e. The summed E-state index contributed by atoms with van der Waals surface area (Å²) >= 11 is 3.53. The molecule has 104 valence electrons. The van der Waals surface area contributed by atoms with Crippen molar-refractivity contribution in [2.75, 3.05) is 0 Å². The summed E-state index contributed by atoms with van der Waals surface area (Å²) in [5.41, 5.74) is 4.98. The summed E-state index contributed by atoms with van der Waals surface area (Å²) < 4.78 is 1.08. The molecule has 0 fully saturated rings. The van der Waals surface area contributed by atoms with Gasteiger partial charge in [0.15, 0.2) is 5.78 Å². The molecule has 2 aromatic rings. The highest BCUT2D eigenvalue weighted by atomic mass is 79.9. The van der Waals surface area contributed by atoms with Crippen molar-refractivity contribution in [1.29, 1.82) is 0 Å². The number of rotatable bonds is 4. The SMILES string of the molecule is CCCc1ccc(C(=O)c2cc(C)c(Br)c(C)c2)cc1. The van der Waals surface area contributed by atoms with E-state index >= 15 is 0 Å². The van der Waals surface area contributed by atoms with Gasteiger partial charge >= 0.3 is 0 Å². The van der Waals surface area contributed by atoms with E-state index in [2.05, 4.69) is 35.0 Å². The van der Waals surface area contributed by atoms with E-state index in [0.717, 1.165) is 39.6 Å². The molecule has 0 aromatic heterocycles. The lowest BCUT2D eigenvalue weighted by Crippen LogP contribution is -2.03. The molecule has 0 N–H and O–H groups in total. The molecular formula is C18H19BrO. The maximum atomic E-state index is 12.5. The quantitative estimate of drug-likeness (QED) is 0.699. The second kappa shape index (κ2) is 6.36. The molecule has 0 spiro atoms. The van der Waals surface area contributed by atoms with E-state index in [9.17, 15) is 4.79 Å². The third-order valence-electron chi connectivity index (χ3n) is 3.45. The molecule has 0 heterocycles. The first kappa shape index (κ1) is 15.0. The van der Waals surface area contributed by atoms with Crippen molar-refractivity contribution in [2.24, 2.45) is 0 Å².